The fourth-order valence-corrected chi connectivity index (χ4v) is 1.45. The van der Waals surface area contributed by atoms with Gasteiger partial charge in [-0.3, -0.25) is 9.59 Å². The smallest absolute Gasteiger partial charge is 0.246 e. The van der Waals surface area contributed by atoms with Crippen LogP contribution in [0.5, 0.6) is 5.75 Å². The van der Waals surface area contributed by atoms with E-state index in [1.54, 1.807) is 12.1 Å². The van der Waals surface area contributed by atoms with Crippen molar-refractivity contribution in [1.82, 2.24) is 5.32 Å². The Hall–Kier alpha value is -2.04. The number of benzene rings is 1. The molecule has 0 unspecified atom stereocenters. The minimum absolute atomic E-state index is 0.00227. The molecule has 1 heterocycles. The Kier molecular flexibility index (Phi) is 2.29. The van der Waals surface area contributed by atoms with Gasteiger partial charge in [0.1, 0.15) is 12.3 Å². The first-order chi connectivity index (χ1) is 7.16. The number of anilines is 1. The van der Waals surface area contributed by atoms with E-state index in [1.807, 2.05) is 0 Å². The van der Waals surface area contributed by atoms with Crippen LogP contribution in [0.2, 0.25) is 0 Å². The number of rotatable bonds is 1. The van der Waals surface area contributed by atoms with Gasteiger partial charge in [0.2, 0.25) is 11.8 Å². The van der Waals surface area contributed by atoms with Crippen molar-refractivity contribution in [2.45, 2.75) is 0 Å². The zero-order chi connectivity index (χ0) is 10.8. The number of amides is 2. The van der Waals surface area contributed by atoms with Crippen LogP contribution in [0.3, 0.4) is 0 Å². The molecular formula is C10H10N2O3. The molecule has 0 atom stereocenters. The van der Waals surface area contributed by atoms with Crippen molar-refractivity contribution < 1.29 is 14.7 Å². The second-order valence-electron chi connectivity index (χ2n) is 3.28. The first-order valence-corrected chi connectivity index (χ1v) is 4.53. The first-order valence-electron chi connectivity index (χ1n) is 4.53. The van der Waals surface area contributed by atoms with Gasteiger partial charge >= 0.3 is 0 Å². The third-order valence-corrected chi connectivity index (χ3v) is 2.18. The van der Waals surface area contributed by atoms with Crippen LogP contribution in [0, 0.1) is 0 Å². The van der Waals surface area contributed by atoms with Gasteiger partial charge in [0.15, 0.2) is 0 Å². The number of phenolic OH excluding ortho intramolecular Hbond substituents is 1. The highest BCUT2D eigenvalue weighted by atomic mass is 16.3. The van der Waals surface area contributed by atoms with Crippen molar-refractivity contribution in [3.63, 3.8) is 0 Å². The molecule has 1 aliphatic heterocycles. The number of carbonyl (C=O) groups is 2. The molecule has 0 spiro atoms. The van der Waals surface area contributed by atoms with Gasteiger partial charge in [-0.05, 0) is 12.1 Å². The van der Waals surface area contributed by atoms with Gasteiger partial charge in [0.05, 0.1) is 6.54 Å². The molecule has 0 aromatic heterocycles. The fraction of sp³-hybridized carbons (Fsp3) is 0.200. The lowest BCUT2D eigenvalue weighted by atomic mass is 10.2. The monoisotopic (exact) mass is 206 g/mol. The molecule has 1 aromatic carbocycles. The molecule has 1 aromatic rings. The van der Waals surface area contributed by atoms with Crippen molar-refractivity contribution >= 4 is 17.5 Å². The summed E-state index contributed by atoms with van der Waals surface area (Å²) >= 11 is 0. The minimum atomic E-state index is -0.196. The second-order valence-corrected chi connectivity index (χ2v) is 3.28. The number of aromatic hydroxyl groups is 1. The standard InChI is InChI=1S/C10H10N2O3/c13-8-3-1-2-7(4-8)12-6-9(14)11-5-10(12)15/h1-4,13H,5-6H2,(H,11,14). The van der Waals surface area contributed by atoms with Crippen molar-refractivity contribution in [2.24, 2.45) is 0 Å². The predicted octanol–water partition coefficient (Wildman–Crippen LogP) is -0.145. The van der Waals surface area contributed by atoms with Gasteiger partial charge < -0.3 is 15.3 Å². The van der Waals surface area contributed by atoms with Crippen LogP contribution in [0.4, 0.5) is 5.69 Å². The molecule has 1 aliphatic rings. The predicted molar refractivity (Wildman–Crippen MR) is 53.5 cm³/mol. The summed E-state index contributed by atoms with van der Waals surface area (Å²) in [5, 5.41) is 11.7. The quantitative estimate of drug-likeness (QED) is 0.671. The molecule has 0 bridgehead atoms. The zero-order valence-corrected chi connectivity index (χ0v) is 7.93. The maximum atomic E-state index is 11.5. The molecule has 1 saturated heterocycles. The van der Waals surface area contributed by atoms with Gasteiger partial charge in [-0.1, -0.05) is 6.07 Å². The van der Waals surface area contributed by atoms with Crippen LogP contribution >= 0.6 is 0 Å². The summed E-state index contributed by atoms with van der Waals surface area (Å²) in [5.74, 6) is -0.301. The van der Waals surface area contributed by atoms with Crippen LogP contribution in [-0.4, -0.2) is 30.0 Å². The average Bonchev–Trinajstić information content (AvgIpc) is 2.22. The molecule has 2 rings (SSSR count). The normalized spacial score (nSPS) is 16.4. The highest BCUT2D eigenvalue weighted by Gasteiger charge is 2.24. The number of hydrogen-bond acceptors (Lipinski definition) is 3. The number of phenols is 1. The number of carbonyl (C=O) groups excluding carboxylic acids is 2. The lowest BCUT2D eigenvalue weighted by Gasteiger charge is -2.26. The Bertz CT molecular complexity index is 417. The van der Waals surface area contributed by atoms with Crippen LogP contribution in [0.25, 0.3) is 0 Å². The summed E-state index contributed by atoms with van der Waals surface area (Å²) in [6.45, 7) is 0.0107. The van der Waals surface area contributed by atoms with Crippen molar-refractivity contribution in [3.8, 4) is 5.75 Å². The number of piperazine rings is 1. The molecule has 0 saturated carbocycles. The summed E-state index contributed by atoms with van der Waals surface area (Å²) in [5.41, 5.74) is 0.537. The van der Waals surface area contributed by atoms with E-state index in [4.69, 9.17) is 0 Å². The summed E-state index contributed by atoms with van der Waals surface area (Å²) in [7, 11) is 0. The molecule has 0 radical (unpaired) electrons. The van der Waals surface area contributed by atoms with E-state index >= 15 is 0 Å². The average molecular weight is 206 g/mol. The van der Waals surface area contributed by atoms with E-state index in [2.05, 4.69) is 5.32 Å². The molecule has 15 heavy (non-hydrogen) atoms. The Balaban J connectivity index is 2.28. The van der Waals surface area contributed by atoms with Gasteiger partial charge in [-0.15, -0.1) is 0 Å². The lowest BCUT2D eigenvalue weighted by molar-refractivity contribution is -0.128. The first kappa shape index (κ1) is 9.51. The van der Waals surface area contributed by atoms with E-state index in [0.717, 1.165) is 0 Å². The van der Waals surface area contributed by atoms with E-state index < -0.39 is 0 Å². The van der Waals surface area contributed by atoms with Crippen LogP contribution in [0.1, 0.15) is 0 Å². The van der Waals surface area contributed by atoms with E-state index in [9.17, 15) is 14.7 Å². The Labute approximate surface area is 86.3 Å². The zero-order valence-electron chi connectivity index (χ0n) is 7.93. The minimum Gasteiger partial charge on any atom is -0.508 e. The largest absolute Gasteiger partial charge is 0.508 e. The summed E-state index contributed by atoms with van der Waals surface area (Å²) < 4.78 is 0. The molecule has 2 amide bonds. The van der Waals surface area contributed by atoms with Crippen molar-refractivity contribution in [2.75, 3.05) is 18.0 Å². The van der Waals surface area contributed by atoms with Gasteiger partial charge in [-0.2, -0.15) is 0 Å². The lowest BCUT2D eigenvalue weighted by Crippen LogP contribution is -2.51. The van der Waals surface area contributed by atoms with E-state index in [1.165, 1.54) is 17.0 Å². The second kappa shape index (κ2) is 3.61. The number of nitrogens with one attached hydrogen (secondary N) is 1. The number of hydrogen-bond donors (Lipinski definition) is 2. The van der Waals surface area contributed by atoms with Gasteiger partial charge in [0, 0.05) is 11.8 Å². The van der Waals surface area contributed by atoms with E-state index in [0.29, 0.717) is 5.69 Å². The molecule has 0 aliphatic carbocycles. The maximum Gasteiger partial charge on any atom is 0.246 e. The Morgan fingerprint density at radius 2 is 2.13 bits per heavy atom. The molecule has 1 fully saturated rings. The molecular weight excluding hydrogens is 196 g/mol. The van der Waals surface area contributed by atoms with Crippen LogP contribution in [0.15, 0.2) is 24.3 Å². The van der Waals surface area contributed by atoms with Crippen LogP contribution in [-0.2, 0) is 9.59 Å². The van der Waals surface area contributed by atoms with Crippen molar-refractivity contribution in [3.05, 3.63) is 24.3 Å². The van der Waals surface area contributed by atoms with Crippen LogP contribution < -0.4 is 10.2 Å². The van der Waals surface area contributed by atoms with Gasteiger partial charge in [-0.25, -0.2) is 0 Å². The third kappa shape index (κ3) is 1.90. The molecule has 2 N–H and O–H groups in total. The highest BCUT2D eigenvalue weighted by molar-refractivity contribution is 6.04. The number of nitrogens with zero attached hydrogens (tertiary/aromatic N) is 1. The summed E-state index contributed by atoms with van der Waals surface area (Å²) in [4.78, 5) is 23.9. The van der Waals surface area contributed by atoms with Crippen molar-refractivity contribution in [1.29, 1.82) is 0 Å². The molecule has 5 nitrogen and oxygen atoms in total. The molecule has 78 valence electrons. The van der Waals surface area contributed by atoms with E-state index in [-0.39, 0.29) is 30.7 Å². The summed E-state index contributed by atoms with van der Waals surface area (Å²) in [6.07, 6.45) is 0. The Morgan fingerprint density at radius 1 is 1.33 bits per heavy atom. The molecule has 5 heteroatoms. The third-order valence-electron chi connectivity index (χ3n) is 2.18. The summed E-state index contributed by atoms with van der Waals surface area (Å²) in [6, 6.07) is 6.27. The SMILES string of the molecule is O=C1CN(c2cccc(O)c2)C(=O)CN1. The topological polar surface area (TPSA) is 69.6 Å². The fourth-order valence-electron chi connectivity index (χ4n) is 1.45. The maximum absolute atomic E-state index is 11.5. The highest BCUT2D eigenvalue weighted by Crippen LogP contribution is 2.20. The Morgan fingerprint density at radius 3 is 2.87 bits per heavy atom. The van der Waals surface area contributed by atoms with Gasteiger partial charge in [0.25, 0.3) is 0 Å².